The number of anilines is 1. The topological polar surface area (TPSA) is 50.8 Å². The second kappa shape index (κ2) is 9.33. The average Bonchev–Trinajstić information content (AvgIpc) is 2.77. The normalized spacial score (nSPS) is 20.7. The van der Waals surface area contributed by atoms with Crippen LogP contribution in [-0.4, -0.2) is 38.6 Å². The van der Waals surface area contributed by atoms with Crippen molar-refractivity contribution in [3.05, 3.63) is 65.4 Å². The number of rotatable bonds is 7. The van der Waals surface area contributed by atoms with Crippen molar-refractivity contribution >= 4 is 23.6 Å². The van der Waals surface area contributed by atoms with E-state index in [1.807, 2.05) is 36.4 Å². The molecule has 2 aliphatic heterocycles. The zero-order chi connectivity index (χ0) is 20.1. The Balaban J connectivity index is 1.32. The number of carbonyl (C=O) groups excluding carboxylic acids is 1. The SMILES string of the molecule is O=CC1C=COc2cc(OCCCC3CNCCN3c3ccccc3Cl)ccc21. The Bertz CT molecular complexity index is 886. The van der Waals surface area contributed by atoms with E-state index in [1.54, 1.807) is 12.3 Å². The summed E-state index contributed by atoms with van der Waals surface area (Å²) >= 11 is 6.42. The molecule has 4 rings (SSSR count). The minimum absolute atomic E-state index is 0.248. The Labute approximate surface area is 176 Å². The molecule has 0 radical (unpaired) electrons. The quantitative estimate of drug-likeness (QED) is 0.546. The average molecular weight is 413 g/mol. The van der Waals surface area contributed by atoms with E-state index in [1.165, 1.54) is 0 Å². The molecule has 0 aromatic heterocycles. The van der Waals surface area contributed by atoms with Crippen LogP contribution in [0.2, 0.25) is 5.02 Å². The molecule has 2 aromatic carbocycles. The van der Waals surface area contributed by atoms with Gasteiger partial charge in [0, 0.05) is 37.3 Å². The Morgan fingerprint density at radius 1 is 1.28 bits per heavy atom. The molecule has 29 heavy (non-hydrogen) atoms. The molecule has 0 aliphatic carbocycles. The molecule has 2 atom stereocenters. The zero-order valence-electron chi connectivity index (χ0n) is 16.2. The zero-order valence-corrected chi connectivity index (χ0v) is 17.0. The summed E-state index contributed by atoms with van der Waals surface area (Å²) in [6.07, 6.45) is 6.17. The number of halogens is 1. The minimum Gasteiger partial charge on any atom is -0.493 e. The molecule has 1 fully saturated rings. The van der Waals surface area contributed by atoms with Gasteiger partial charge < -0.3 is 24.5 Å². The molecule has 2 unspecified atom stereocenters. The van der Waals surface area contributed by atoms with Gasteiger partial charge in [-0.3, -0.25) is 0 Å². The molecule has 5 nitrogen and oxygen atoms in total. The first-order valence-electron chi connectivity index (χ1n) is 10.0. The van der Waals surface area contributed by atoms with E-state index in [2.05, 4.69) is 16.3 Å². The Morgan fingerprint density at radius 3 is 3.03 bits per heavy atom. The van der Waals surface area contributed by atoms with Crippen molar-refractivity contribution < 1.29 is 14.3 Å². The van der Waals surface area contributed by atoms with Gasteiger partial charge in [0.15, 0.2) is 0 Å². The first kappa shape index (κ1) is 19.8. The largest absolute Gasteiger partial charge is 0.493 e. The third kappa shape index (κ3) is 4.57. The second-order valence-corrected chi connectivity index (χ2v) is 7.71. The summed E-state index contributed by atoms with van der Waals surface area (Å²) in [4.78, 5) is 13.6. The maximum Gasteiger partial charge on any atom is 0.134 e. The smallest absolute Gasteiger partial charge is 0.134 e. The van der Waals surface area contributed by atoms with Crippen LogP contribution in [0.4, 0.5) is 5.69 Å². The van der Waals surface area contributed by atoms with Crippen LogP contribution in [0.15, 0.2) is 54.8 Å². The lowest BCUT2D eigenvalue weighted by atomic mass is 9.98. The minimum atomic E-state index is -0.248. The summed E-state index contributed by atoms with van der Waals surface area (Å²) in [5, 5.41) is 4.28. The highest BCUT2D eigenvalue weighted by atomic mass is 35.5. The fraction of sp³-hybridized carbons (Fsp3) is 0.348. The summed E-state index contributed by atoms with van der Waals surface area (Å²) in [6, 6.07) is 14.1. The molecular weight excluding hydrogens is 388 g/mol. The van der Waals surface area contributed by atoms with Gasteiger partial charge in [0.1, 0.15) is 17.8 Å². The molecule has 152 valence electrons. The summed E-state index contributed by atoms with van der Waals surface area (Å²) < 4.78 is 11.5. The number of allylic oxidation sites excluding steroid dienone is 1. The molecule has 1 saturated heterocycles. The lowest BCUT2D eigenvalue weighted by molar-refractivity contribution is -0.108. The van der Waals surface area contributed by atoms with Gasteiger partial charge in [0.25, 0.3) is 0 Å². The molecule has 2 heterocycles. The third-order valence-corrected chi connectivity index (χ3v) is 5.75. The number of para-hydroxylation sites is 1. The fourth-order valence-electron chi connectivity index (χ4n) is 3.93. The van der Waals surface area contributed by atoms with Crippen LogP contribution in [-0.2, 0) is 4.79 Å². The fourth-order valence-corrected chi connectivity index (χ4v) is 4.18. The first-order chi connectivity index (χ1) is 14.3. The third-order valence-electron chi connectivity index (χ3n) is 5.43. The number of aldehydes is 1. The molecule has 0 bridgehead atoms. The second-order valence-electron chi connectivity index (χ2n) is 7.30. The molecule has 0 amide bonds. The first-order valence-corrected chi connectivity index (χ1v) is 10.4. The number of fused-ring (bicyclic) bond motifs is 1. The van der Waals surface area contributed by atoms with Crippen LogP contribution in [0.3, 0.4) is 0 Å². The summed E-state index contributed by atoms with van der Waals surface area (Å²) in [5.41, 5.74) is 1.98. The van der Waals surface area contributed by atoms with Crippen LogP contribution in [0.1, 0.15) is 24.3 Å². The van der Waals surface area contributed by atoms with Crippen LogP contribution >= 0.6 is 11.6 Å². The molecular formula is C23H25ClN2O3. The highest BCUT2D eigenvalue weighted by Gasteiger charge is 2.23. The van der Waals surface area contributed by atoms with E-state index < -0.39 is 0 Å². The van der Waals surface area contributed by atoms with E-state index in [0.717, 1.165) is 60.8 Å². The molecule has 1 N–H and O–H groups in total. The van der Waals surface area contributed by atoms with Crippen molar-refractivity contribution in [1.82, 2.24) is 5.32 Å². The number of hydrogen-bond donors (Lipinski definition) is 1. The van der Waals surface area contributed by atoms with E-state index in [9.17, 15) is 4.79 Å². The number of ether oxygens (including phenoxy) is 2. The number of nitrogens with zero attached hydrogens (tertiary/aromatic N) is 1. The van der Waals surface area contributed by atoms with Crippen LogP contribution < -0.4 is 19.7 Å². The van der Waals surface area contributed by atoms with Gasteiger partial charge in [-0.15, -0.1) is 0 Å². The van der Waals surface area contributed by atoms with Crippen LogP contribution in [0, 0.1) is 0 Å². The van der Waals surface area contributed by atoms with Crippen LogP contribution in [0.5, 0.6) is 11.5 Å². The summed E-state index contributed by atoms with van der Waals surface area (Å²) in [7, 11) is 0. The number of benzene rings is 2. The van der Waals surface area contributed by atoms with Crippen molar-refractivity contribution in [2.24, 2.45) is 0 Å². The highest BCUT2D eigenvalue weighted by molar-refractivity contribution is 6.33. The van der Waals surface area contributed by atoms with Gasteiger partial charge in [0.05, 0.1) is 29.5 Å². The maximum absolute atomic E-state index is 11.2. The summed E-state index contributed by atoms with van der Waals surface area (Å²) in [6.45, 7) is 3.47. The van der Waals surface area contributed by atoms with E-state index in [-0.39, 0.29) is 5.92 Å². The van der Waals surface area contributed by atoms with Crippen LogP contribution in [0.25, 0.3) is 0 Å². The van der Waals surface area contributed by atoms with Crippen molar-refractivity contribution in [1.29, 1.82) is 0 Å². The lowest BCUT2D eigenvalue weighted by Crippen LogP contribution is -2.51. The number of piperazine rings is 1. The van der Waals surface area contributed by atoms with Gasteiger partial charge in [-0.25, -0.2) is 0 Å². The standard InChI is InChI=1S/C23H25ClN2O3/c24-21-5-1-2-6-22(21)26-11-10-25-15-18(26)4-3-12-28-19-7-8-20-17(16-27)9-13-29-23(20)14-19/h1-2,5-9,13-14,16-18,25H,3-4,10-12,15H2. The van der Waals surface area contributed by atoms with Gasteiger partial charge in [-0.05, 0) is 37.1 Å². The molecule has 0 spiro atoms. The predicted octanol–water partition coefficient (Wildman–Crippen LogP) is 4.17. The lowest BCUT2D eigenvalue weighted by Gasteiger charge is -2.38. The van der Waals surface area contributed by atoms with Crippen molar-refractivity contribution in [2.45, 2.75) is 24.8 Å². The van der Waals surface area contributed by atoms with Crippen molar-refractivity contribution in [2.75, 3.05) is 31.1 Å². The van der Waals surface area contributed by atoms with E-state index in [4.69, 9.17) is 21.1 Å². The van der Waals surface area contributed by atoms with Gasteiger partial charge >= 0.3 is 0 Å². The van der Waals surface area contributed by atoms with Crippen molar-refractivity contribution in [3.63, 3.8) is 0 Å². The summed E-state index contributed by atoms with van der Waals surface area (Å²) in [5.74, 6) is 1.19. The Hall–Kier alpha value is -2.50. The van der Waals surface area contributed by atoms with Gasteiger partial charge in [-0.2, -0.15) is 0 Å². The molecule has 6 heteroatoms. The maximum atomic E-state index is 11.2. The predicted molar refractivity (Wildman–Crippen MR) is 115 cm³/mol. The van der Waals surface area contributed by atoms with Gasteiger partial charge in [0.2, 0.25) is 0 Å². The molecule has 2 aromatic rings. The Morgan fingerprint density at radius 2 is 2.17 bits per heavy atom. The molecule has 2 aliphatic rings. The number of carbonyl (C=O) groups is 1. The monoisotopic (exact) mass is 412 g/mol. The highest BCUT2D eigenvalue weighted by Crippen LogP contribution is 2.34. The van der Waals surface area contributed by atoms with E-state index >= 15 is 0 Å². The molecule has 0 saturated carbocycles. The Kier molecular flexibility index (Phi) is 6.37. The van der Waals surface area contributed by atoms with Crippen molar-refractivity contribution in [3.8, 4) is 11.5 Å². The number of hydrogen-bond acceptors (Lipinski definition) is 5. The van der Waals surface area contributed by atoms with Gasteiger partial charge in [-0.1, -0.05) is 29.8 Å². The number of nitrogens with one attached hydrogen (secondary N) is 1. The van der Waals surface area contributed by atoms with E-state index in [0.29, 0.717) is 18.4 Å².